The third-order valence-electron chi connectivity index (χ3n) is 4.13. The topological polar surface area (TPSA) is 50.4 Å². The zero-order valence-electron chi connectivity index (χ0n) is 12.6. The summed E-state index contributed by atoms with van der Waals surface area (Å²) in [5, 5.41) is 3.22. The van der Waals surface area contributed by atoms with Gasteiger partial charge in [-0.2, -0.15) is 0 Å². The number of benzene rings is 1. The first-order valence-corrected chi connectivity index (χ1v) is 7.86. The first-order valence-electron chi connectivity index (χ1n) is 7.86. The van der Waals surface area contributed by atoms with Crippen molar-refractivity contribution in [3.05, 3.63) is 35.9 Å². The number of hydrogen-bond donors (Lipinski definition) is 2. The van der Waals surface area contributed by atoms with E-state index in [0.717, 1.165) is 13.1 Å². The average molecular weight is 273 g/mol. The molecule has 1 aromatic rings. The highest BCUT2D eigenvalue weighted by Crippen LogP contribution is 2.48. The molecule has 0 saturated heterocycles. The summed E-state index contributed by atoms with van der Waals surface area (Å²) in [6.07, 6.45) is 7.46. The predicted molar refractivity (Wildman–Crippen MR) is 86.0 cm³/mol. The fraction of sp³-hybridized carbons (Fsp3) is 0.588. The summed E-state index contributed by atoms with van der Waals surface area (Å²) in [4.78, 5) is 4.54. The predicted octanol–water partition coefficient (Wildman–Crippen LogP) is 3.20. The van der Waals surface area contributed by atoms with Crippen molar-refractivity contribution in [3.63, 3.8) is 0 Å². The van der Waals surface area contributed by atoms with E-state index in [1.165, 1.54) is 44.1 Å². The van der Waals surface area contributed by atoms with Gasteiger partial charge in [0, 0.05) is 12.0 Å². The second kappa shape index (κ2) is 7.32. The molecule has 1 saturated carbocycles. The minimum atomic E-state index is 0.260. The van der Waals surface area contributed by atoms with Gasteiger partial charge in [0.2, 0.25) is 0 Å². The normalized spacial score (nSPS) is 16.9. The Morgan fingerprint density at radius 2 is 1.95 bits per heavy atom. The van der Waals surface area contributed by atoms with Crippen LogP contribution in [-0.2, 0) is 5.41 Å². The Kier molecular flexibility index (Phi) is 5.45. The standard InChI is InChI=1S/C17H27N3/c1-2-3-4-8-13-19-16(18)20-14-17(11-12-17)15-9-6-5-7-10-15/h5-7,9-10H,2-4,8,11-14H2,1H3,(H3,18,19,20). The molecule has 0 amide bonds. The van der Waals surface area contributed by atoms with Crippen molar-refractivity contribution in [2.45, 2.75) is 50.9 Å². The fourth-order valence-corrected chi connectivity index (χ4v) is 2.54. The van der Waals surface area contributed by atoms with Crippen molar-refractivity contribution in [1.29, 1.82) is 0 Å². The van der Waals surface area contributed by atoms with Crippen LogP contribution in [0, 0.1) is 0 Å². The molecule has 3 heteroatoms. The van der Waals surface area contributed by atoms with Gasteiger partial charge in [0.1, 0.15) is 0 Å². The highest BCUT2D eigenvalue weighted by molar-refractivity contribution is 5.77. The third-order valence-corrected chi connectivity index (χ3v) is 4.13. The van der Waals surface area contributed by atoms with Gasteiger partial charge in [-0.05, 0) is 24.8 Å². The van der Waals surface area contributed by atoms with Gasteiger partial charge in [-0.15, -0.1) is 0 Å². The number of guanidine groups is 1. The SMILES string of the molecule is CCCCCCNC(N)=NCC1(c2ccccc2)CC1. The van der Waals surface area contributed by atoms with E-state index in [0.29, 0.717) is 5.96 Å². The molecule has 0 heterocycles. The summed E-state index contributed by atoms with van der Waals surface area (Å²) in [5.41, 5.74) is 7.60. The Bertz CT molecular complexity index is 421. The van der Waals surface area contributed by atoms with E-state index < -0.39 is 0 Å². The summed E-state index contributed by atoms with van der Waals surface area (Å²) in [6, 6.07) is 10.7. The zero-order valence-corrected chi connectivity index (χ0v) is 12.6. The van der Waals surface area contributed by atoms with E-state index in [1.807, 2.05) is 0 Å². The summed E-state index contributed by atoms with van der Waals surface area (Å²) < 4.78 is 0. The first kappa shape index (κ1) is 14.9. The highest BCUT2D eigenvalue weighted by Gasteiger charge is 2.43. The van der Waals surface area contributed by atoms with Crippen LogP contribution < -0.4 is 11.1 Å². The molecule has 0 aromatic heterocycles. The minimum absolute atomic E-state index is 0.260. The van der Waals surface area contributed by atoms with Gasteiger partial charge in [-0.25, -0.2) is 0 Å². The molecule has 2 rings (SSSR count). The summed E-state index contributed by atoms with van der Waals surface area (Å²) in [7, 11) is 0. The maximum absolute atomic E-state index is 5.94. The molecule has 1 aliphatic carbocycles. The number of unbranched alkanes of at least 4 members (excludes halogenated alkanes) is 3. The maximum atomic E-state index is 5.94. The lowest BCUT2D eigenvalue weighted by Gasteiger charge is -2.13. The van der Waals surface area contributed by atoms with E-state index in [-0.39, 0.29) is 5.41 Å². The molecule has 0 spiro atoms. The van der Waals surface area contributed by atoms with Crippen LogP contribution in [0.15, 0.2) is 35.3 Å². The van der Waals surface area contributed by atoms with E-state index in [1.54, 1.807) is 0 Å². The smallest absolute Gasteiger partial charge is 0.188 e. The van der Waals surface area contributed by atoms with Crippen molar-refractivity contribution < 1.29 is 0 Å². The zero-order chi connectivity index (χ0) is 14.3. The van der Waals surface area contributed by atoms with Crippen LogP contribution in [0.1, 0.15) is 51.0 Å². The lowest BCUT2D eigenvalue weighted by atomic mass is 9.96. The molecule has 3 nitrogen and oxygen atoms in total. The van der Waals surface area contributed by atoms with E-state index in [2.05, 4.69) is 47.6 Å². The fourth-order valence-electron chi connectivity index (χ4n) is 2.54. The van der Waals surface area contributed by atoms with Crippen molar-refractivity contribution in [2.24, 2.45) is 10.7 Å². The maximum Gasteiger partial charge on any atom is 0.188 e. The van der Waals surface area contributed by atoms with Crippen LogP contribution in [-0.4, -0.2) is 19.0 Å². The van der Waals surface area contributed by atoms with E-state index >= 15 is 0 Å². The Morgan fingerprint density at radius 3 is 2.60 bits per heavy atom. The van der Waals surface area contributed by atoms with Gasteiger partial charge in [-0.1, -0.05) is 56.5 Å². The second-order valence-electron chi connectivity index (χ2n) is 5.84. The number of aliphatic imine (C=N–C) groups is 1. The molecule has 20 heavy (non-hydrogen) atoms. The van der Waals surface area contributed by atoms with Gasteiger partial charge < -0.3 is 11.1 Å². The van der Waals surface area contributed by atoms with Crippen LogP contribution in [0.25, 0.3) is 0 Å². The van der Waals surface area contributed by atoms with E-state index in [9.17, 15) is 0 Å². The Labute approximate surface area is 122 Å². The van der Waals surface area contributed by atoms with Crippen molar-refractivity contribution in [1.82, 2.24) is 5.32 Å². The molecule has 1 aromatic carbocycles. The van der Waals surface area contributed by atoms with Crippen LogP contribution in [0.2, 0.25) is 0 Å². The Balaban J connectivity index is 1.75. The molecular weight excluding hydrogens is 246 g/mol. The first-order chi connectivity index (χ1) is 9.77. The van der Waals surface area contributed by atoms with Gasteiger partial charge in [0.25, 0.3) is 0 Å². The monoisotopic (exact) mass is 273 g/mol. The Morgan fingerprint density at radius 1 is 1.20 bits per heavy atom. The van der Waals surface area contributed by atoms with Gasteiger partial charge >= 0.3 is 0 Å². The van der Waals surface area contributed by atoms with Crippen LogP contribution >= 0.6 is 0 Å². The van der Waals surface area contributed by atoms with Gasteiger partial charge in [-0.3, -0.25) is 4.99 Å². The average Bonchev–Trinajstić information content (AvgIpc) is 3.27. The third kappa shape index (κ3) is 4.26. The number of nitrogens with two attached hydrogens (primary N) is 1. The summed E-state index contributed by atoms with van der Waals surface area (Å²) in [6.45, 7) is 3.97. The van der Waals surface area contributed by atoms with Crippen molar-refractivity contribution >= 4 is 5.96 Å². The largest absolute Gasteiger partial charge is 0.370 e. The minimum Gasteiger partial charge on any atom is -0.370 e. The number of nitrogens with zero attached hydrogens (tertiary/aromatic N) is 1. The van der Waals surface area contributed by atoms with Crippen molar-refractivity contribution in [3.8, 4) is 0 Å². The molecule has 0 unspecified atom stereocenters. The van der Waals surface area contributed by atoms with Gasteiger partial charge in [0.15, 0.2) is 5.96 Å². The number of nitrogens with one attached hydrogen (secondary N) is 1. The van der Waals surface area contributed by atoms with Crippen LogP contribution in [0.3, 0.4) is 0 Å². The summed E-state index contributed by atoms with van der Waals surface area (Å²) in [5.74, 6) is 0.601. The highest BCUT2D eigenvalue weighted by atomic mass is 15.1. The number of rotatable bonds is 8. The molecule has 1 fully saturated rings. The molecule has 0 aliphatic heterocycles. The molecule has 3 N–H and O–H groups in total. The molecule has 0 atom stereocenters. The quantitative estimate of drug-likeness (QED) is 0.434. The number of hydrogen-bond acceptors (Lipinski definition) is 1. The molecule has 110 valence electrons. The van der Waals surface area contributed by atoms with Gasteiger partial charge in [0.05, 0.1) is 6.54 Å². The van der Waals surface area contributed by atoms with E-state index in [4.69, 9.17) is 5.73 Å². The Hall–Kier alpha value is -1.51. The molecular formula is C17H27N3. The van der Waals surface area contributed by atoms with Crippen LogP contribution in [0.4, 0.5) is 0 Å². The van der Waals surface area contributed by atoms with Crippen molar-refractivity contribution in [2.75, 3.05) is 13.1 Å². The van der Waals surface area contributed by atoms with Crippen LogP contribution in [0.5, 0.6) is 0 Å². The lowest BCUT2D eigenvalue weighted by Crippen LogP contribution is -2.33. The lowest BCUT2D eigenvalue weighted by molar-refractivity contribution is 0.649. The second-order valence-corrected chi connectivity index (χ2v) is 5.84. The summed E-state index contributed by atoms with van der Waals surface area (Å²) >= 11 is 0. The molecule has 1 aliphatic rings. The molecule has 0 radical (unpaired) electrons. The molecule has 0 bridgehead atoms.